The van der Waals surface area contributed by atoms with Crippen molar-refractivity contribution >= 4 is 24.3 Å². The largest absolute Gasteiger partial charge is 0.338 e. The fraction of sp³-hybridized carbons (Fsp3) is 0.500. The van der Waals surface area contributed by atoms with Crippen LogP contribution in [0.5, 0.6) is 0 Å². The topological polar surface area (TPSA) is 78.7 Å². The molecule has 1 fully saturated rings. The molecule has 1 aliphatic heterocycles. The molecule has 0 bridgehead atoms. The Labute approximate surface area is 143 Å². The molecule has 0 radical (unpaired) electrons. The Bertz CT molecular complexity index is 504. The van der Waals surface area contributed by atoms with Gasteiger partial charge in [-0.15, -0.1) is 12.4 Å². The van der Waals surface area contributed by atoms with E-state index in [1.807, 2.05) is 37.3 Å². The second-order valence-corrected chi connectivity index (χ2v) is 5.44. The SMILES string of the molecule is CCNC(=O)N1CCN(C(=O)[C@@H](N)Cc2ccccc2)CC1.Cl. The minimum Gasteiger partial charge on any atom is -0.338 e. The molecule has 2 rings (SSSR count). The van der Waals surface area contributed by atoms with Gasteiger partial charge in [0.05, 0.1) is 6.04 Å². The number of benzene rings is 1. The van der Waals surface area contributed by atoms with Crippen LogP contribution in [0.1, 0.15) is 12.5 Å². The summed E-state index contributed by atoms with van der Waals surface area (Å²) >= 11 is 0. The number of hydrogen-bond acceptors (Lipinski definition) is 3. The standard InChI is InChI=1S/C16H24N4O2.ClH/c1-2-18-16(22)20-10-8-19(9-11-20)15(21)14(17)12-13-6-4-3-5-7-13;/h3-7,14H,2,8-12,17H2,1H3,(H,18,22);1H/t14-;/m0./s1. The van der Waals surface area contributed by atoms with Gasteiger partial charge in [0.15, 0.2) is 0 Å². The molecule has 1 aromatic carbocycles. The number of rotatable bonds is 4. The van der Waals surface area contributed by atoms with Crippen molar-refractivity contribution in [3.63, 3.8) is 0 Å². The highest BCUT2D eigenvalue weighted by Gasteiger charge is 2.26. The average Bonchev–Trinajstić information content (AvgIpc) is 2.55. The third-order valence-electron chi connectivity index (χ3n) is 3.82. The van der Waals surface area contributed by atoms with E-state index in [1.165, 1.54) is 0 Å². The van der Waals surface area contributed by atoms with Gasteiger partial charge in [0, 0.05) is 32.7 Å². The van der Waals surface area contributed by atoms with Crippen LogP contribution >= 0.6 is 12.4 Å². The normalized spacial score (nSPS) is 15.6. The van der Waals surface area contributed by atoms with E-state index < -0.39 is 6.04 Å². The summed E-state index contributed by atoms with van der Waals surface area (Å²) in [4.78, 5) is 27.6. The lowest BCUT2D eigenvalue weighted by atomic mass is 10.1. The molecule has 23 heavy (non-hydrogen) atoms. The summed E-state index contributed by atoms with van der Waals surface area (Å²) in [5.41, 5.74) is 7.10. The van der Waals surface area contributed by atoms with Gasteiger partial charge in [-0.3, -0.25) is 4.79 Å². The van der Waals surface area contributed by atoms with Crippen molar-refractivity contribution in [1.29, 1.82) is 0 Å². The first-order valence-corrected chi connectivity index (χ1v) is 7.73. The highest BCUT2D eigenvalue weighted by atomic mass is 35.5. The lowest BCUT2D eigenvalue weighted by Crippen LogP contribution is -2.56. The molecule has 1 atom stereocenters. The maximum Gasteiger partial charge on any atom is 0.317 e. The van der Waals surface area contributed by atoms with E-state index in [4.69, 9.17) is 5.73 Å². The van der Waals surface area contributed by atoms with Crippen LogP contribution in [0.4, 0.5) is 4.79 Å². The van der Waals surface area contributed by atoms with Gasteiger partial charge in [-0.1, -0.05) is 30.3 Å². The number of piperazine rings is 1. The Morgan fingerprint density at radius 1 is 1.13 bits per heavy atom. The van der Waals surface area contributed by atoms with Gasteiger partial charge < -0.3 is 20.9 Å². The average molecular weight is 341 g/mol. The van der Waals surface area contributed by atoms with Crippen molar-refractivity contribution in [2.24, 2.45) is 5.73 Å². The molecule has 3 N–H and O–H groups in total. The van der Waals surface area contributed by atoms with Crippen molar-refractivity contribution in [3.8, 4) is 0 Å². The van der Waals surface area contributed by atoms with Gasteiger partial charge in [0.2, 0.25) is 5.91 Å². The van der Waals surface area contributed by atoms with Gasteiger partial charge in [0.1, 0.15) is 0 Å². The zero-order chi connectivity index (χ0) is 15.9. The van der Waals surface area contributed by atoms with E-state index in [-0.39, 0.29) is 24.3 Å². The number of urea groups is 1. The van der Waals surface area contributed by atoms with Gasteiger partial charge in [0.25, 0.3) is 0 Å². The van der Waals surface area contributed by atoms with Gasteiger partial charge >= 0.3 is 6.03 Å². The van der Waals surface area contributed by atoms with E-state index in [0.29, 0.717) is 39.1 Å². The Hall–Kier alpha value is -1.79. The van der Waals surface area contributed by atoms with Crippen LogP contribution in [-0.4, -0.2) is 60.5 Å². The summed E-state index contributed by atoms with van der Waals surface area (Å²) in [6.07, 6.45) is 0.538. The first-order chi connectivity index (χ1) is 10.6. The van der Waals surface area contributed by atoms with Crippen molar-refractivity contribution < 1.29 is 9.59 Å². The van der Waals surface area contributed by atoms with Gasteiger partial charge in [-0.2, -0.15) is 0 Å². The van der Waals surface area contributed by atoms with Crippen LogP contribution in [-0.2, 0) is 11.2 Å². The van der Waals surface area contributed by atoms with Crippen LogP contribution in [0.25, 0.3) is 0 Å². The summed E-state index contributed by atoms with van der Waals surface area (Å²) in [5, 5.41) is 2.77. The predicted octanol–water partition coefficient (Wildman–Crippen LogP) is 0.852. The van der Waals surface area contributed by atoms with Crippen molar-refractivity contribution in [3.05, 3.63) is 35.9 Å². The Balaban J connectivity index is 0.00000264. The first kappa shape index (κ1) is 19.3. The third-order valence-corrected chi connectivity index (χ3v) is 3.82. The maximum absolute atomic E-state index is 12.4. The highest BCUT2D eigenvalue weighted by molar-refractivity contribution is 5.85. The van der Waals surface area contributed by atoms with E-state index in [0.717, 1.165) is 5.56 Å². The van der Waals surface area contributed by atoms with E-state index >= 15 is 0 Å². The van der Waals surface area contributed by atoms with Gasteiger partial charge in [-0.25, -0.2) is 4.79 Å². The number of carbonyl (C=O) groups is 2. The second-order valence-electron chi connectivity index (χ2n) is 5.44. The van der Waals surface area contributed by atoms with Crippen molar-refractivity contribution in [1.82, 2.24) is 15.1 Å². The molecule has 7 heteroatoms. The zero-order valence-corrected chi connectivity index (χ0v) is 14.2. The summed E-state index contributed by atoms with van der Waals surface area (Å²) in [7, 11) is 0. The Kier molecular flexibility index (Phi) is 7.85. The van der Waals surface area contributed by atoms with Crippen molar-refractivity contribution in [2.75, 3.05) is 32.7 Å². The fourth-order valence-electron chi connectivity index (χ4n) is 2.58. The van der Waals surface area contributed by atoms with E-state index in [1.54, 1.807) is 9.80 Å². The van der Waals surface area contributed by atoms with Crippen LogP contribution in [0.2, 0.25) is 0 Å². The zero-order valence-electron chi connectivity index (χ0n) is 13.4. The molecular formula is C16H25ClN4O2. The van der Waals surface area contributed by atoms with Crippen LogP contribution in [0.15, 0.2) is 30.3 Å². The molecule has 128 valence electrons. The lowest BCUT2D eigenvalue weighted by molar-refractivity contribution is -0.134. The van der Waals surface area contributed by atoms with Gasteiger partial charge in [-0.05, 0) is 18.9 Å². The lowest BCUT2D eigenvalue weighted by Gasteiger charge is -2.35. The number of nitrogens with one attached hydrogen (secondary N) is 1. The Morgan fingerprint density at radius 3 is 2.26 bits per heavy atom. The van der Waals surface area contributed by atoms with E-state index in [2.05, 4.69) is 5.32 Å². The number of nitrogens with two attached hydrogens (primary N) is 1. The molecule has 6 nitrogen and oxygen atoms in total. The molecule has 0 unspecified atom stereocenters. The summed E-state index contributed by atoms with van der Waals surface area (Å²) in [6, 6.07) is 9.18. The fourth-order valence-corrected chi connectivity index (χ4v) is 2.58. The number of carbonyl (C=O) groups excluding carboxylic acids is 2. The van der Waals surface area contributed by atoms with Crippen molar-refractivity contribution in [2.45, 2.75) is 19.4 Å². The molecule has 1 aromatic rings. The van der Waals surface area contributed by atoms with Crippen LogP contribution < -0.4 is 11.1 Å². The first-order valence-electron chi connectivity index (χ1n) is 7.73. The summed E-state index contributed by atoms with van der Waals surface area (Å²) in [5.74, 6) is -0.0422. The van der Waals surface area contributed by atoms with Crippen LogP contribution in [0.3, 0.4) is 0 Å². The molecule has 0 aromatic heterocycles. The smallest absolute Gasteiger partial charge is 0.317 e. The molecular weight excluding hydrogens is 316 g/mol. The van der Waals surface area contributed by atoms with Crippen LogP contribution in [0, 0.1) is 0 Å². The highest BCUT2D eigenvalue weighted by Crippen LogP contribution is 2.07. The summed E-state index contributed by atoms with van der Waals surface area (Å²) in [6.45, 7) is 4.68. The summed E-state index contributed by atoms with van der Waals surface area (Å²) < 4.78 is 0. The molecule has 3 amide bonds. The molecule has 0 spiro atoms. The molecule has 1 heterocycles. The number of halogens is 1. The Morgan fingerprint density at radius 2 is 1.70 bits per heavy atom. The van der Waals surface area contributed by atoms with E-state index in [9.17, 15) is 9.59 Å². The second kappa shape index (κ2) is 9.37. The predicted molar refractivity (Wildman–Crippen MR) is 92.6 cm³/mol. The third kappa shape index (κ3) is 5.41. The minimum absolute atomic E-state index is 0. The molecule has 1 saturated heterocycles. The molecule has 1 aliphatic rings. The number of nitrogens with zero attached hydrogens (tertiary/aromatic N) is 2. The maximum atomic E-state index is 12.4. The number of amides is 3. The number of hydrogen-bond donors (Lipinski definition) is 2. The monoisotopic (exact) mass is 340 g/mol. The minimum atomic E-state index is -0.529. The molecule has 0 aliphatic carbocycles. The molecule has 0 saturated carbocycles. The quantitative estimate of drug-likeness (QED) is 0.853.